The van der Waals surface area contributed by atoms with Gasteiger partial charge in [0.2, 0.25) is 0 Å². The Hall–Kier alpha value is -2.33. The number of methoxy groups -OCH3 is 1. The van der Waals surface area contributed by atoms with Crippen molar-refractivity contribution in [3.63, 3.8) is 0 Å². The van der Waals surface area contributed by atoms with Gasteiger partial charge in [0.1, 0.15) is 0 Å². The normalized spacial score (nSPS) is 18.2. The van der Waals surface area contributed by atoms with Gasteiger partial charge in [-0.15, -0.1) is 0 Å². The summed E-state index contributed by atoms with van der Waals surface area (Å²) in [5, 5.41) is 11.8. The van der Waals surface area contributed by atoms with Crippen molar-refractivity contribution in [2.24, 2.45) is 5.41 Å². The van der Waals surface area contributed by atoms with Gasteiger partial charge in [-0.05, 0) is 39.7 Å². The Bertz CT molecular complexity index is 750. The van der Waals surface area contributed by atoms with E-state index >= 15 is 0 Å². The van der Waals surface area contributed by atoms with E-state index in [9.17, 15) is 4.79 Å². The van der Waals surface area contributed by atoms with Gasteiger partial charge in [-0.25, -0.2) is 4.79 Å². The van der Waals surface area contributed by atoms with E-state index in [4.69, 9.17) is 9.84 Å². The van der Waals surface area contributed by atoms with E-state index in [0.29, 0.717) is 6.61 Å². The smallest absolute Gasteiger partial charge is 0.405 e. The highest BCUT2D eigenvalue weighted by molar-refractivity contribution is 5.68. The minimum absolute atomic E-state index is 0.123. The number of carboxylic acid groups (broad SMARTS) is 1. The number of carbonyl (C=O) groups is 1. The van der Waals surface area contributed by atoms with Gasteiger partial charge in [-0.3, -0.25) is 0 Å². The van der Waals surface area contributed by atoms with Crippen LogP contribution in [0.1, 0.15) is 36.6 Å². The molecule has 126 valence electrons. The van der Waals surface area contributed by atoms with E-state index in [0.717, 1.165) is 28.7 Å². The van der Waals surface area contributed by atoms with Gasteiger partial charge < -0.3 is 15.2 Å². The lowest BCUT2D eigenvalue weighted by molar-refractivity contribution is 0.175. The van der Waals surface area contributed by atoms with Crippen LogP contribution in [-0.4, -0.2) is 18.3 Å². The first-order chi connectivity index (χ1) is 11.4. The molecule has 0 bridgehead atoms. The molecule has 0 aromatic heterocycles. The molecule has 2 aromatic carbocycles. The summed E-state index contributed by atoms with van der Waals surface area (Å²) >= 11 is 0. The minimum Gasteiger partial charge on any atom is -0.465 e. The summed E-state index contributed by atoms with van der Waals surface area (Å²) in [5.41, 5.74) is 5.64. The van der Waals surface area contributed by atoms with Crippen LogP contribution < -0.4 is 5.32 Å². The topological polar surface area (TPSA) is 58.6 Å². The molecule has 2 aromatic rings. The molecule has 0 saturated carbocycles. The van der Waals surface area contributed by atoms with Crippen LogP contribution >= 0.6 is 0 Å². The zero-order valence-electron chi connectivity index (χ0n) is 14.3. The summed E-state index contributed by atoms with van der Waals surface area (Å²) in [4.78, 5) is 11.1. The van der Waals surface area contributed by atoms with Crippen LogP contribution in [0.25, 0.3) is 11.1 Å². The van der Waals surface area contributed by atoms with Crippen molar-refractivity contribution in [2.45, 2.75) is 32.9 Å². The highest BCUT2D eigenvalue weighted by Crippen LogP contribution is 2.46. The van der Waals surface area contributed by atoms with Crippen molar-refractivity contribution in [1.82, 2.24) is 5.32 Å². The fraction of sp³-hybridized carbons (Fsp3) is 0.350. The number of fused-ring (bicyclic) bond motifs is 1. The first-order valence-electron chi connectivity index (χ1n) is 8.11. The Balaban J connectivity index is 1.91. The predicted octanol–water partition coefficient (Wildman–Crippen LogP) is 4.39. The molecule has 4 nitrogen and oxygen atoms in total. The molecule has 1 aliphatic carbocycles. The van der Waals surface area contributed by atoms with E-state index in [1.807, 2.05) is 0 Å². The average Bonchev–Trinajstić information content (AvgIpc) is 2.77. The van der Waals surface area contributed by atoms with E-state index in [1.54, 1.807) is 7.11 Å². The van der Waals surface area contributed by atoms with Crippen LogP contribution in [0.15, 0.2) is 42.5 Å². The molecule has 24 heavy (non-hydrogen) atoms. The predicted molar refractivity (Wildman–Crippen MR) is 94.0 cm³/mol. The van der Waals surface area contributed by atoms with Gasteiger partial charge in [0, 0.05) is 7.11 Å². The fourth-order valence-electron chi connectivity index (χ4n) is 3.59. The van der Waals surface area contributed by atoms with Crippen LogP contribution in [0.5, 0.6) is 0 Å². The van der Waals surface area contributed by atoms with E-state index < -0.39 is 6.09 Å². The zero-order valence-corrected chi connectivity index (χ0v) is 14.3. The van der Waals surface area contributed by atoms with Crippen LogP contribution in [-0.2, 0) is 17.8 Å². The van der Waals surface area contributed by atoms with E-state index in [1.165, 1.54) is 5.56 Å². The third kappa shape index (κ3) is 3.15. The lowest BCUT2D eigenvalue weighted by Gasteiger charge is -2.27. The zero-order chi connectivity index (χ0) is 17.3. The Kier molecular flexibility index (Phi) is 4.33. The van der Waals surface area contributed by atoms with Crippen molar-refractivity contribution >= 4 is 6.09 Å². The van der Waals surface area contributed by atoms with E-state index in [-0.39, 0.29) is 11.5 Å². The maximum atomic E-state index is 11.1. The molecular weight excluding hydrogens is 302 g/mol. The number of rotatable bonds is 4. The number of hydrogen-bond donors (Lipinski definition) is 2. The molecule has 0 spiro atoms. The molecule has 0 fully saturated rings. The lowest BCUT2D eigenvalue weighted by Crippen LogP contribution is -2.34. The molecular formula is C20H23NO3. The number of ether oxygens (including phenoxy) is 1. The van der Waals surface area contributed by atoms with Gasteiger partial charge in [-0.1, -0.05) is 56.3 Å². The molecule has 0 heterocycles. The van der Waals surface area contributed by atoms with Crippen molar-refractivity contribution in [3.8, 4) is 11.1 Å². The minimum atomic E-state index is -0.973. The van der Waals surface area contributed by atoms with Crippen LogP contribution in [0.4, 0.5) is 4.79 Å². The van der Waals surface area contributed by atoms with Gasteiger partial charge in [-0.2, -0.15) is 0 Å². The van der Waals surface area contributed by atoms with Crippen molar-refractivity contribution in [2.75, 3.05) is 7.11 Å². The second-order valence-electron chi connectivity index (χ2n) is 7.09. The van der Waals surface area contributed by atoms with Gasteiger partial charge in [0.25, 0.3) is 0 Å². The van der Waals surface area contributed by atoms with Crippen molar-refractivity contribution in [3.05, 3.63) is 59.2 Å². The molecule has 0 aliphatic heterocycles. The monoisotopic (exact) mass is 325 g/mol. The Morgan fingerprint density at radius 2 is 1.88 bits per heavy atom. The summed E-state index contributed by atoms with van der Waals surface area (Å²) in [6.45, 7) is 4.82. The molecule has 1 atom stereocenters. The maximum Gasteiger partial charge on any atom is 0.405 e. The van der Waals surface area contributed by atoms with Crippen LogP contribution in [0, 0.1) is 5.41 Å². The summed E-state index contributed by atoms with van der Waals surface area (Å²) < 4.78 is 5.15. The Morgan fingerprint density at radius 1 is 1.21 bits per heavy atom. The average molecular weight is 325 g/mol. The molecule has 1 unspecified atom stereocenters. The summed E-state index contributed by atoms with van der Waals surface area (Å²) in [7, 11) is 1.69. The number of nitrogens with one attached hydrogen (secondary N) is 1. The van der Waals surface area contributed by atoms with Crippen molar-refractivity contribution < 1.29 is 14.6 Å². The van der Waals surface area contributed by atoms with E-state index in [2.05, 4.69) is 61.6 Å². The molecule has 0 saturated heterocycles. The summed E-state index contributed by atoms with van der Waals surface area (Å²) in [5.74, 6) is 0. The number of benzene rings is 2. The SMILES string of the molecule is COCc1ccc(-c2ccc3c(c2)CC(C)(C)C3NC(=O)O)cc1. The Labute approximate surface area is 142 Å². The quantitative estimate of drug-likeness (QED) is 0.876. The molecule has 3 rings (SSSR count). The van der Waals surface area contributed by atoms with Crippen LogP contribution in [0.3, 0.4) is 0 Å². The van der Waals surface area contributed by atoms with Crippen LogP contribution in [0.2, 0.25) is 0 Å². The Morgan fingerprint density at radius 3 is 2.50 bits per heavy atom. The molecule has 1 aliphatic rings. The van der Waals surface area contributed by atoms with Gasteiger partial charge >= 0.3 is 6.09 Å². The molecule has 1 amide bonds. The maximum absolute atomic E-state index is 11.1. The first kappa shape index (κ1) is 16.5. The van der Waals surface area contributed by atoms with Gasteiger partial charge in [0.15, 0.2) is 0 Å². The molecule has 0 radical (unpaired) electrons. The third-order valence-electron chi connectivity index (χ3n) is 4.75. The fourth-order valence-corrected chi connectivity index (χ4v) is 3.59. The van der Waals surface area contributed by atoms with Gasteiger partial charge in [0.05, 0.1) is 12.6 Å². The second-order valence-corrected chi connectivity index (χ2v) is 7.09. The number of hydrogen-bond acceptors (Lipinski definition) is 2. The first-order valence-corrected chi connectivity index (χ1v) is 8.11. The molecule has 4 heteroatoms. The summed E-state index contributed by atoms with van der Waals surface area (Å²) in [6.07, 6.45) is -0.109. The highest BCUT2D eigenvalue weighted by Gasteiger charge is 2.39. The lowest BCUT2D eigenvalue weighted by atomic mass is 9.85. The van der Waals surface area contributed by atoms with Crippen molar-refractivity contribution in [1.29, 1.82) is 0 Å². The highest BCUT2D eigenvalue weighted by atomic mass is 16.5. The molecule has 2 N–H and O–H groups in total. The standard InChI is InChI=1S/C20H23NO3/c1-20(2)11-16-10-15(8-9-17(16)18(20)21-19(22)23)14-6-4-13(5-7-14)12-24-3/h4-10,18,21H,11-12H2,1-3H3,(H,22,23). The largest absolute Gasteiger partial charge is 0.465 e. The summed E-state index contributed by atoms with van der Waals surface area (Å²) in [6, 6.07) is 14.5. The second kappa shape index (κ2) is 6.29. The number of amides is 1. The third-order valence-corrected chi connectivity index (χ3v) is 4.75.